The van der Waals surface area contributed by atoms with E-state index >= 15 is 0 Å². The van der Waals surface area contributed by atoms with Gasteiger partial charge in [-0.15, -0.1) is 0 Å². The van der Waals surface area contributed by atoms with Crippen molar-refractivity contribution >= 4 is 26.6 Å². The molecule has 278 valence electrons. The van der Waals surface area contributed by atoms with E-state index in [-0.39, 0.29) is 69.0 Å². The van der Waals surface area contributed by atoms with E-state index < -0.39 is 39.7 Å². The second-order valence-electron chi connectivity index (χ2n) is 13.4. The third-order valence-corrected chi connectivity index (χ3v) is 11.1. The van der Waals surface area contributed by atoms with Gasteiger partial charge in [0, 0.05) is 41.4 Å². The van der Waals surface area contributed by atoms with Gasteiger partial charge in [0.25, 0.3) is 5.91 Å². The number of sulfone groups is 1. The van der Waals surface area contributed by atoms with Crippen LogP contribution in [-0.2, 0) is 22.6 Å². The number of hydrogen-bond acceptors (Lipinski definition) is 7. The number of nitrogens with one attached hydrogen (secondary N) is 1. The lowest BCUT2D eigenvalue weighted by atomic mass is 9.93. The molecule has 1 aromatic heterocycles. The number of likely N-dealkylation sites (tertiary alicyclic amines) is 2. The molecule has 1 amide bonds. The summed E-state index contributed by atoms with van der Waals surface area (Å²) in [7, 11) is -3.87. The Morgan fingerprint density at radius 2 is 1.65 bits per heavy atom. The van der Waals surface area contributed by atoms with Crippen molar-refractivity contribution in [1.29, 1.82) is 0 Å². The van der Waals surface area contributed by atoms with E-state index in [9.17, 15) is 44.7 Å². The Morgan fingerprint density at radius 1 is 0.942 bits per heavy atom. The number of amides is 1. The van der Waals surface area contributed by atoms with E-state index in [1.807, 2.05) is 4.90 Å². The first kappa shape index (κ1) is 37.7. The van der Waals surface area contributed by atoms with Crippen molar-refractivity contribution in [3.05, 3.63) is 95.1 Å². The van der Waals surface area contributed by atoms with Gasteiger partial charge in [-0.2, -0.15) is 26.3 Å². The van der Waals surface area contributed by atoms with Gasteiger partial charge >= 0.3 is 12.4 Å². The fraction of sp³-hybridized carbons (Fsp3) is 0.405. The van der Waals surface area contributed by atoms with Crippen LogP contribution >= 0.6 is 0 Å². The number of halogens is 6. The highest BCUT2D eigenvalue weighted by Gasteiger charge is 2.43. The minimum absolute atomic E-state index is 0.0128. The minimum atomic E-state index is -4.94. The molecule has 52 heavy (non-hydrogen) atoms. The van der Waals surface area contributed by atoms with E-state index in [1.165, 1.54) is 60.7 Å². The number of carbonyl (C=O) groups excluding carboxylic acids is 1. The Balaban J connectivity index is 1.52. The predicted octanol–water partition coefficient (Wildman–Crippen LogP) is 6.78. The van der Waals surface area contributed by atoms with Gasteiger partial charge in [-0.05, 0) is 81.2 Å². The summed E-state index contributed by atoms with van der Waals surface area (Å²) in [5.41, 5.74) is -1.51. The second-order valence-corrected chi connectivity index (χ2v) is 15.4. The quantitative estimate of drug-likeness (QED) is 0.182. The Morgan fingerprint density at radius 3 is 2.29 bits per heavy atom. The van der Waals surface area contributed by atoms with Crippen LogP contribution in [0.1, 0.15) is 58.8 Å². The molecule has 8 nitrogen and oxygen atoms in total. The van der Waals surface area contributed by atoms with E-state index in [0.717, 1.165) is 37.8 Å². The van der Waals surface area contributed by atoms with Crippen molar-refractivity contribution < 1.29 is 44.7 Å². The van der Waals surface area contributed by atoms with Crippen LogP contribution in [0.2, 0.25) is 0 Å². The maximum absolute atomic E-state index is 14.6. The highest BCUT2D eigenvalue weighted by molar-refractivity contribution is 7.90. The molecule has 2 unspecified atom stereocenters. The summed E-state index contributed by atoms with van der Waals surface area (Å²) in [6.45, 7) is 1.79. The number of piperidine rings is 1. The molecule has 4 aromatic rings. The number of fused-ring (bicyclic) bond motifs is 1. The summed E-state index contributed by atoms with van der Waals surface area (Å²) in [4.78, 5) is 23.1. The zero-order valence-corrected chi connectivity index (χ0v) is 29.0. The highest BCUT2D eigenvalue weighted by Crippen LogP contribution is 2.38. The normalized spacial score (nSPS) is 18.9. The Hall–Kier alpha value is -4.05. The average Bonchev–Trinajstić information content (AvgIpc) is 3.58. The minimum Gasteiger partial charge on any atom is -0.395 e. The van der Waals surface area contributed by atoms with E-state index in [2.05, 4.69) is 15.2 Å². The fourth-order valence-electron chi connectivity index (χ4n) is 7.38. The molecule has 2 aliphatic rings. The van der Waals surface area contributed by atoms with Crippen molar-refractivity contribution in [2.45, 2.75) is 67.6 Å². The van der Waals surface area contributed by atoms with E-state index in [0.29, 0.717) is 25.9 Å². The summed E-state index contributed by atoms with van der Waals surface area (Å²) in [5, 5.41) is 11.9. The van der Waals surface area contributed by atoms with Crippen LogP contribution in [0, 0.1) is 0 Å². The molecular weight excluding hydrogens is 710 g/mol. The zero-order chi connectivity index (χ0) is 37.4. The first-order chi connectivity index (χ1) is 24.5. The summed E-state index contributed by atoms with van der Waals surface area (Å²) in [5.74, 6) is -1.19. The molecule has 0 radical (unpaired) electrons. The number of hydrogen-bond donors (Lipinski definition) is 2. The number of nitrogens with zero attached hydrogens (tertiary/aromatic N) is 3. The SMILES string of the molecule is CS(=O)(=O)c1ccc2nc(-c3cccc(C(F)(F)F)c3)c(CN3CCC(N4CCCC4CO)CC3)c(C(=O)NC(c3ccccc3)C(F)(F)F)c2c1. The molecule has 6 rings (SSSR count). The number of pyridine rings is 1. The number of alkyl halides is 6. The molecule has 0 bridgehead atoms. The lowest BCUT2D eigenvalue weighted by Crippen LogP contribution is -2.47. The van der Waals surface area contributed by atoms with Crippen LogP contribution < -0.4 is 5.32 Å². The molecule has 0 aliphatic carbocycles. The van der Waals surface area contributed by atoms with Crippen molar-refractivity contribution in [1.82, 2.24) is 20.1 Å². The largest absolute Gasteiger partial charge is 0.416 e. The summed E-state index contributed by atoms with van der Waals surface area (Å²) in [6, 6.07) is 12.5. The maximum atomic E-state index is 14.6. The Bertz CT molecular complexity index is 2030. The molecule has 3 heterocycles. The monoisotopic (exact) mass is 748 g/mol. The summed E-state index contributed by atoms with van der Waals surface area (Å²) >= 11 is 0. The van der Waals surface area contributed by atoms with E-state index in [1.54, 1.807) is 0 Å². The van der Waals surface area contributed by atoms with Gasteiger partial charge < -0.3 is 10.4 Å². The number of benzene rings is 3. The highest BCUT2D eigenvalue weighted by atomic mass is 32.2. The van der Waals surface area contributed by atoms with Crippen LogP contribution in [0.15, 0.2) is 77.7 Å². The third kappa shape index (κ3) is 8.12. The second kappa shape index (κ2) is 14.8. The first-order valence-corrected chi connectivity index (χ1v) is 18.8. The Labute approximate surface area is 297 Å². The first-order valence-electron chi connectivity index (χ1n) is 16.9. The number of rotatable bonds is 9. The standard InChI is InChI=1S/C37H38F6N4O4S/c1-52(50,51)28-12-13-31-29(20-28)32(35(49)45-34(37(41,42)43)23-7-3-2-4-8-23)30(33(44-31)24-9-5-10-25(19-24)36(38,39)40)21-46-17-14-26(15-18-46)47-16-6-11-27(47)22-48/h2-5,7-10,12-13,19-20,26-27,34,48H,6,11,14-18,21-22H2,1H3,(H,45,49). The molecule has 0 spiro atoms. The summed E-state index contributed by atoms with van der Waals surface area (Å²) in [6.07, 6.45) is -5.51. The zero-order valence-electron chi connectivity index (χ0n) is 28.2. The number of carbonyl (C=O) groups is 1. The molecule has 15 heteroatoms. The topological polar surface area (TPSA) is 103 Å². The summed E-state index contributed by atoms with van der Waals surface area (Å²) < 4.78 is 111. The molecular formula is C37H38F6N4O4S. The van der Waals surface area contributed by atoms with Gasteiger partial charge in [-0.3, -0.25) is 14.6 Å². The van der Waals surface area contributed by atoms with Crippen LogP contribution in [0.5, 0.6) is 0 Å². The molecule has 2 atom stereocenters. The van der Waals surface area contributed by atoms with Crippen molar-refractivity contribution in [2.24, 2.45) is 0 Å². The molecule has 2 aliphatic heterocycles. The van der Waals surface area contributed by atoms with Crippen molar-refractivity contribution in [3.8, 4) is 11.3 Å². The van der Waals surface area contributed by atoms with Gasteiger partial charge in [-0.1, -0.05) is 42.5 Å². The molecule has 0 saturated carbocycles. The van der Waals surface area contributed by atoms with Crippen LogP contribution in [0.25, 0.3) is 22.2 Å². The third-order valence-electron chi connectivity index (χ3n) is 9.95. The Kier molecular flexibility index (Phi) is 10.7. The van der Waals surface area contributed by atoms with Gasteiger partial charge in [-0.25, -0.2) is 13.4 Å². The lowest BCUT2D eigenvalue weighted by Gasteiger charge is -2.39. The lowest BCUT2D eigenvalue weighted by molar-refractivity contribution is -0.155. The number of aliphatic hydroxyl groups is 1. The van der Waals surface area contributed by atoms with Crippen LogP contribution in [0.4, 0.5) is 26.3 Å². The number of aromatic nitrogens is 1. The van der Waals surface area contributed by atoms with Crippen molar-refractivity contribution in [2.75, 3.05) is 32.5 Å². The van der Waals surface area contributed by atoms with Gasteiger partial charge in [0.15, 0.2) is 15.9 Å². The van der Waals surface area contributed by atoms with Gasteiger partial charge in [0.2, 0.25) is 0 Å². The van der Waals surface area contributed by atoms with Crippen LogP contribution in [0.3, 0.4) is 0 Å². The maximum Gasteiger partial charge on any atom is 0.416 e. The fourth-order valence-corrected chi connectivity index (χ4v) is 8.02. The smallest absolute Gasteiger partial charge is 0.395 e. The molecule has 2 N–H and O–H groups in total. The molecule has 3 aromatic carbocycles. The van der Waals surface area contributed by atoms with E-state index in [4.69, 9.17) is 0 Å². The molecule has 2 fully saturated rings. The van der Waals surface area contributed by atoms with Crippen LogP contribution in [-0.4, -0.2) is 85.0 Å². The van der Waals surface area contributed by atoms with Gasteiger partial charge in [0.05, 0.1) is 33.8 Å². The number of aliphatic hydroxyl groups excluding tert-OH is 1. The van der Waals surface area contributed by atoms with Crippen molar-refractivity contribution in [3.63, 3.8) is 0 Å². The predicted molar refractivity (Wildman–Crippen MR) is 183 cm³/mol. The van der Waals surface area contributed by atoms with Gasteiger partial charge in [0.1, 0.15) is 0 Å². The molecule has 2 saturated heterocycles. The average molecular weight is 749 g/mol.